The third kappa shape index (κ3) is 2.85. The molecule has 0 saturated carbocycles. The first-order valence-corrected chi connectivity index (χ1v) is 5.48. The van der Waals surface area contributed by atoms with Gasteiger partial charge in [-0.25, -0.2) is 0 Å². The van der Waals surface area contributed by atoms with Gasteiger partial charge in [-0.3, -0.25) is 5.10 Å². The van der Waals surface area contributed by atoms with E-state index in [-0.39, 0.29) is 4.75 Å². The molecule has 1 N–H and O–H groups in total. The lowest BCUT2D eigenvalue weighted by atomic mass is 10.3. The molecule has 0 spiro atoms. The average Bonchev–Trinajstić information content (AvgIpc) is 2.45. The molecule has 0 unspecified atom stereocenters. The van der Waals surface area contributed by atoms with E-state index in [4.69, 9.17) is 0 Å². The lowest BCUT2D eigenvalue weighted by molar-refractivity contribution is 0.562. The van der Waals surface area contributed by atoms with Crippen LogP contribution in [0.15, 0.2) is 10.6 Å². The summed E-state index contributed by atoms with van der Waals surface area (Å²) in [4.78, 5) is 0. The molecular formula is C9H15N3OS. The van der Waals surface area contributed by atoms with Gasteiger partial charge in [0.2, 0.25) is 0 Å². The quantitative estimate of drug-likeness (QED) is 0.599. The summed E-state index contributed by atoms with van der Waals surface area (Å²) in [5.74, 6) is 0. The molecule has 0 amide bonds. The number of hydrogen-bond acceptors (Lipinski definition) is 3. The predicted molar refractivity (Wildman–Crippen MR) is 58.8 cm³/mol. The lowest BCUT2D eigenvalue weighted by Gasteiger charge is -2.17. The van der Waals surface area contributed by atoms with Gasteiger partial charge in [-0.05, 0) is 27.7 Å². The average molecular weight is 213 g/mol. The maximum absolute atomic E-state index is 11.6. The first-order chi connectivity index (χ1) is 6.41. The lowest BCUT2D eigenvalue weighted by Crippen LogP contribution is -2.25. The summed E-state index contributed by atoms with van der Waals surface area (Å²) in [5, 5.41) is 6.66. The van der Waals surface area contributed by atoms with Crippen LogP contribution in [-0.4, -0.2) is 25.7 Å². The van der Waals surface area contributed by atoms with Gasteiger partial charge in [0.05, 0.1) is 11.9 Å². The van der Waals surface area contributed by atoms with E-state index >= 15 is 0 Å². The monoisotopic (exact) mass is 213 g/mol. The minimum Gasteiger partial charge on any atom is -0.591 e. The SMILES string of the molecule is Cc1n[nH]cc1/C=N/[S@+]([O-])C(C)(C)C. The standard InChI is InChI=1S/C9H15N3OS/c1-7-8(5-10-12-7)6-11-14(13)9(2,3)4/h5-6H,1-4H3,(H,10,12)/b11-6+/t14-/m1/s1. The summed E-state index contributed by atoms with van der Waals surface area (Å²) in [5.41, 5.74) is 1.74. The third-order valence-electron chi connectivity index (χ3n) is 1.68. The fourth-order valence-electron chi connectivity index (χ4n) is 0.761. The number of aryl methyl sites for hydroxylation is 1. The fourth-order valence-corrected chi connectivity index (χ4v) is 1.29. The van der Waals surface area contributed by atoms with Crippen molar-refractivity contribution < 1.29 is 4.55 Å². The van der Waals surface area contributed by atoms with Crippen LogP contribution in [0.3, 0.4) is 0 Å². The second-order valence-corrected chi connectivity index (χ2v) is 5.96. The molecule has 0 aliphatic heterocycles. The highest BCUT2D eigenvalue weighted by atomic mass is 32.2. The first-order valence-electron chi connectivity index (χ1n) is 4.37. The van der Waals surface area contributed by atoms with Crippen LogP contribution in [0.25, 0.3) is 0 Å². The van der Waals surface area contributed by atoms with Crippen LogP contribution in [0, 0.1) is 6.92 Å². The molecule has 0 fully saturated rings. The fraction of sp³-hybridized carbons (Fsp3) is 0.556. The number of nitrogens with zero attached hydrogens (tertiary/aromatic N) is 2. The Morgan fingerprint density at radius 1 is 1.57 bits per heavy atom. The van der Waals surface area contributed by atoms with Crippen LogP contribution >= 0.6 is 0 Å². The molecule has 1 rings (SSSR count). The number of H-pyrrole nitrogens is 1. The van der Waals surface area contributed by atoms with Crippen molar-refractivity contribution in [3.05, 3.63) is 17.5 Å². The Balaban J connectivity index is 2.70. The molecule has 1 aromatic rings. The molecule has 1 heterocycles. The zero-order valence-electron chi connectivity index (χ0n) is 8.87. The Hall–Kier alpha value is -0.810. The van der Waals surface area contributed by atoms with E-state index in [1.807, 2.05) is 27.7 Å². The molecule has 1 atom stereocenters. The molecule has 1 aromatic heterocycles. The Morgan fingerprint density at radius 2 is 2.21 bits per heavy atom. The van der Waals surface area contributed by atoms with Crippen molar-refractivity contribution in [2.45, 2.75) is 32.4 Å². The van der Waals surface area contributed by atoms with Gasteiger partial charge in [0.25, 0.3) is 0 Å². The summed E-state index contributed by atoms with van der Waals surface area (Å²) in [6.45, 7) is 7.55. The highest BCUT2D eigenvalue weighted by Crippen LogP contribution is 2.16. The van der Waals surface area contributed by atoms with Crippen LogP contribution in [0.4, 0.5) is 0 Å². The smallest absolute Gasteiger partial charge is 0.144 e. The molecule has 4 nitrogen and oxygen atoms in total. The van der Waals surface area contributed by atoms with E-state index in [1.54, 1.807) is 12.4 Å². The van der Waals surface area contributed by atoms with Gasteiger partial charge in [0.15, 0.2) is 0 Å². The molecule has 0 aliphatic carbocycles. The van der Waals surface area contributed by atoms with Crippen molar-refractivity contribution in [2.24, 2.45) is 4.40 Å². The van der Waals surface area contributed by atoms with Crippen molar-refractivity contribution in [1.29, 1.82) is 0 Å². The van der Waals surface area contributed by atoms with Gasteiger partial charge in [-0.1, -0.05) is 4.40 Å². The molecular weight excluding hydrogens is 198 g/mol. The summed E-state index contributed by atoms with van der Waals surface area (Å²) < 4.78 is 15.2. The predicted octanol–water partition coefficient (Wildman–Crippen LogP) is 1.60. The molecule has 0 radical (unpaired) electrons. The molecule has 5 heteroatoms. The Kier molecular flexibility index (Phi) is 3.34. The normalized spacial score (nSPS) is 14.9. The highest BCUT2D eigenvalue weighted by molar-refractivity contribution is 7.91. The van der Waals surface area contributed by atoms with Gasteiger partial charge >= 0.3 is 0 Å². The molecule has 14 heavy (non-hydrogen) atoms. The van der Waals surface area contributed by atoms with E-state index in [0.717, 1.165) is 11.3 Å². The second kappa shape index (κ2) is 4.14. The summed E-state index contributed by atoms with van der Waals surface area (Å²) in [7, 11) is 0. The van der Waals surface area contributed by atoms with Crippen molar-refractivity contribution in [3.8, 4) is 0 Å². The van der Waals surface area contributed by atoms with E-state index in [2.05, 4.69) is 14.6 Å². The summed E-state index contributed by atoms with van der Waals surface area (Å²) in [6, 6.07) is 0. The highest BCUT2D eigenvalue weighted by Gasteiger charge is 2.25. The Bertz CT molecular complexity index is 327. The van der Waals surface area contributed by atoms with Crippen LogP contribution < -0.4 is 0 Å². The van der Waals surface area contributed by atoms with E-state index in [1.165, 1.54) is 0 Å². The number of nitrogens with one attached hydrogen (secondary N) is 1. The topological polar surface area (TPSA) is 64.1 Å². The van der Waals surface area contributed by atoms with Crippen molar-refractivity contribution in [2.75, 3.05) is 0 Å². The summed E-state index contributed by atoms with van der Waals surface area (Å²) >= 11 is -1.20. The summed E-state index contributed by atoms with van der Waals surface area (Å²) in [6.07, 6.45) is 3.33. The van der Waals surface area contributed by atoms with Gasteiger partial charge in [0, 0.05) is 11.8 Å². The zero-order valence-corrected chi connectivity index (χ0v) is 9.68. The first kappa shape index (κ1) is 11.3. The van der Waals surface area contributed by atoms with Gasteiger partial charge in [-0.2, -0.15) is 5.10 Å². The van der Waals surface area contributed by atoms with Gasteiger partial charge in [-0.15, -0.1) is 0 Å². The molecule has 0 bridgehead atoms. The Morgan fingerprint density at radius 3 is 2.64 bits per heavy atom. The maximum Gasteiger partial charge on any atom is 0.144 e. The number of rotatable bonds is 2. The van der Waals surface area contributed by atoms with Crippen LogP contribution in [0.1, 0.15) is 32.0 Å². The van der Waals surface area contributed by atoms with Crippen LogP contribution in [0.2, 0.25) is 0 Å². The van der Waals surface area contributed by atoms with Crippen LogP contribution in [0.5, 0.6) is 0 Å². The minimum absolute atomic E-state index is 0.311. The van der Waals surface area contributed by atoms with E-state index < -0.39 is 11.4 Å². The minimum atomic E-state index is -1.20. The largest absolute Gasteiger partial charge is 0.591 e. The molecule has 0 aromatic carbocycles. The second-order valence-electron chi connectivity index (χ2n) is 4.02. The number of hydrogen-bond donors (Lipinski definition) is 1. The zero-order chi connectivity index (χ0) is 10.8. The maximum atomic E-state index is 11.6. The van der Waals surface area contributed by atoms with E-state index in [9.17, 15) is 4.55 Å². The molecule has 0 saturated heterocycles. The van der Waals surface area contributed by atoms with Crippen molar-refractivity contribution in [3.63, 3.8) is 0 Å². The van der Waals surface area contributed by atoms with Gasteiger partial charge in [0.1, 0.15) is 16.1 Å². The van der Waals surface area contributed by atoms with E-state index in [0.29, 0.717) is 0 Å². The van der Waals surface area contributed by atoms with Crippen molar-refractivity contribution >= 4 is 17.6 Å². The van der Waals surface area contributed by atoms with Gasteiger partial charge < -0.3 is 4.55 Å². The molecule has 78 valence electrons. The van der Waals surface area contributed by atoms with Crippen molar-refractivity contribution in [1.82, 2.24) is 10.2 Å². The number of aromatic nitrogens is 2. The molecule has 0 aliphatic rings. The Labute approximate surface area is 87.1 Å². The number of aromatic amines is 1. The van der Waals surface area contributed by atoms with Crippen LogP contribution in [-0.2, 0) is 11.4 Å². The third-order valence-corrected chi connectivity index (χ3v) is 3.03.